The second-order valence-electron chi connectivity index (χ2n) is 10.5. The van der Waals surface area contributed by atoms with Crippen LogP contribution in [0.5, 0.6) is 0 Å². The van der Waals surface area contributed by atoms with E-state index >= 15 is 0 Å². The molecule has 2 fully saturated rings. The van der Waals surface area contributed by atoms with Crippen LogP contribution in [0.4, 0.5) is 11.4 Å². The summed E-state index contributed by atoms with van der Waals surface area (Å²) < 4.78 is 28.7. The molecule has 2 aliphatic heterocycles. The molecule has 1 saturated heterocycles. The third-order valence-corrected chi connectivity index (χ3v) is 8.79. The Hall–Kier alpha value is -3.99. The van der Waals surface area contributed by atoms with Crippen LogP contribution in [0.25, 0.3) is 11.3 Å². The van der Waals surface area contributed by atoms with Crippen LogP contribution in [0.3, 0.4) is 0 Å². The third-order valence-electron chi connectivity index (χ3n) is 7.36. The van der Waals surface area contributed by atoms with Gasteiger partial charge in [0.1, 0.15) is 0 Å². The number of anilines is 2. The fourth-order valence-electron chi connectivity index (χ4n) is 5.00. The van der Waals surface area contributed by atoms with Gasteiger partial charge in [0.05, 0.1) is 22.7 Å². The number of rotatable bonds is 9. The van der Waals surface area contributed by atoms with E-state index < -0.39 is 10.0 Å². The molecule has 9 nitrogen and oxygen atoms in total. The molecule has 0 atom stereocenters. The summed E-state index contributed by atoms with van der Waals surface area (Å²) in [6.07, 6.45) is 2.08. The number of piperazine rings is 1. The third kappa shape index (κ3) is 5.79. The Morgan fingerprint density at radius 2 is 1.75 bits per heavy atom. The van der Waals surface area contributed by atoms with Gasteiger partial charge >= 0.3 is 0 Å². The Morgan fingerprint density at radius 3 is 2.48 bits per heavy atom. The van der Waals surface area contributed by atoms with Crippen LogP contribution in [-0.4, -0.2) is 51.3 Å². The minimum absolute atomic E-state index is 0.0356. The second kappa shape index (κ2) is 10.9. The van der Waals surface area contributed by atoms with E-state index in [0.29, 0.717) is 54.6 Å². The van der Waals surface area contributed by atoms with E-state index in [9.17, 15) is 18.0 Å². The lowest BCUT2D eigenvalue weighted by Crippen LogP contribution is -2.47. The van der Waals surface area contributed by atoms with Crippen molar-refractivity contribution >= 4 is 44.5 Å². The lowest BCUT2D eigenvalue weighted by atomic mass is 10.00. The van der Waals surface area contributed by atoms with E-state index in [0.717, 1.165) is 36.2 Å². The molecular weight excluding hydrogens is 526 g/mol. The summed E-state index contributed by atoms with van der Waals surface area (Å²) in [4.78, 5) is 27.3. The first-order valence-corrected chi connectivity index (χ1v) is 14.9. The van der Waals surface area contributed by atoms with Crippen LogP contribution >= 0.6 is 0 Å². The fraction of sp³-hybridized carbons (Fsp3) is 0.267. The van der Waals surface area contributed by atoms with Gasteiger partial charge in [-0.2, -0.15) is 0 Å². The number of nitrogens with one attached hydrogen (secondary N) is 4. The largest absolute Gasteiger partial charge is 0.354 e. The topological polar surface area (TPSA) is 120 Å². The van der Waals surface area contributed by atoms with Gasteiger partial charge in [-0.05, 0) is 60.2 Å². The van der Waals surface area contributed by atoms with Gasteiger partial charge in [-0.1, -0.05) is 42.5 Å². The summed E-state index contributed by atoms with van der Waals surface area (Å²) in [5.41, 5.74) is 4.71. The highest BCUT2D eigenvalue weighted by molar-refractivity contribution is 7.89. The Morgan fingerprint density at radius 1 is 0.975 bits per heavy atom. The van der Waals surface area contributed by atoms with Gasteiger partial charge in [-0.25, -0.2) is 13.1 Å². The number of sulfonamides is 1. The highest BCUT2D eigenvalue weighted by Gasteiger charge is 2.31. The molecule has 2 heterocycles. The van der Waals surface area contributed by atoms with Crippen LogP contribution in [-0.2, 0) is 26.2 Å². The molecule has 40 heavy (non-hydrogen) atoms. The molecule has 1 aliphatic carbocycles. The van der Waals surface area contributed by atoms with Crippen molar-refractivity contribution in [3.8, 4) is 0 Å². The zero-order valence-electron chi connectivity index (χ0n) is 21.9. The molecule has 206 valence electrons. The number of carbonyl (C=O) groups is 2. The quantitative estimate of drug-likeness (QED) is 0.300. The zero-order valence-corrected chi connectivity index (χ0v) is 22.8. The average Bonchev–Trinajstić information content (AvgIpc) is 3.73. The molecule has 10 heteroatoms. The lowest BCUT2D eigenvalue weighted by molar-refractivity contribution is -0.124. The summed E-state index contributed by atoms with van der Waals surface area (Å²) in [6, 6.07) is 22.1. The lowest BCUT2D eigenvalue weighted by Gasteiger charge is -2.26. The maximum Gasteiger partial charge on any atom is 0.258 e. The van der Waals surface area contributed by atoms with Crippen LogP contribution in [0.15, 0.2) is 77.7 Å². The van der Waals surface area contributed by atoms with Crippen molar-refractivity contribution in [2.45, 2.75) is 24.3 Å². The molecular formula is C30H31N5O4S. The average molecular weight is 558 g/mol. The first-order valence-electron chi connectivity index (χ1n) is 13.5. The summed E-state index contributed by atoms with van der Waals surface area (Å²) in [5, 5.41) is 9.16. The normalized spacial score (nSPS) is 18.6. The maximum absolute atomic E-state index is 13.3. The molecule has 0 spiro atoms. The van der Waals surface area contributed by atoms with Gasteiger partial charge in [0.2, 0.25) is 15.9 Å². The van der Waals surface area contributed by atoms with Crippen LogP contribution in [0, 0.1) is 5.92 Å². The van der Waals surface area contributed by atoms with Crippen molar-refractivity contribution in [3.63, 3.8) is 0 Å². The molecule has 0 bridgehead atoms. The molecule has 6 rings (SSSR count). The van der Waals surface area contributed by atoms with E-state index in [1.165, 1.54) is 6.07 Å². The number of hydrogen-bond acceptors (Lipinski definition) is 6. The molecule has 1 saturated carbocycles. The number of fused-ring (bicyclic) bond motifs is 1. The van der Waals surface area contributed by atoms with Crippen LogP contribution < -0.4 is 20.7 Å². The maximum atomic E-state index is 13.3. The summed E-state index contributed by atoms with van der Waals surface area (Å²) >= 11 is 0. The molecule has 3 aliphatic rings. The van der Waals surface area contributed by atoms with E-state index in [-0.39, 0.29) is 16.7 Å². The molecule has 0 unspecified atom stereocenters. The number of nitrogens with zero attached hydrogens (tertiary/aromatic N) is 1. The summed E-state index contributed by atoms with van der Waals surface area (Å²) in [7, 11) is -3.71. The molecule has 3 aromatic rings. The number of carbonyl (C=O) groups excluding carboxylic acids is 2. The Labute approximate surface area is 233 Å². The first-order chi connectivity index (χ1) is 19.4. The Bertz CT molecular complexity index is 1580. The molecule has 0 aromatic heterocycles. The number of amides is 2. The van der Waals surface area contributed by atoms with Gasteiger partial charge in [-0.3, -0.25) is 14.5 Å². The molecule has 3 aromatic carbocycles. The van der Waals surface area contributed by atoms with Gasteiger partial charge in [0, 0.05) is 43.1 Å². The summed E-state index contributed by atoms with van der Waals surface area (Å²) in [6.45, 7) is 2.93. The van der Waals surface area contributed by atoms with Gasteiger partial charge in [-0.15, -0.1) is 0 Å². The smallest absolute Gasteiger partial charge is 0.258 e. The summed E-state index contributed by atoms with van der Waals surface area (Å²) in [5.74, 6) is 0.137. The number of hydrogen-bond donors (Lipinski definition) is 4. The Kier molecular flexibility index (Phi) is 7.14. The van der Waals surface area contributed by atoms with Crippen LogP contribution in [0.1, 0.15) is 29.5 Å². The SMILES string of the molecule is O=C1CN(Cc2ccc(N/C(=C3\C(=O)Nc4ccc(S(=O)(=O)NCC5CC5)cc43)c3ccccc3)cc2)CCN1. The zero-order chi connectivity index (χ0) is 27.7. The van der Waals surface area contributed by atoms with Crippen LogP contribution in [0.2, 0.25) is 0 Å². The molecule has 0 radical (unpaired) electrons. The highest BCUT2D eigenvalue weighted by Crippen LogP contribution is 2.39. The second-order valence-corrected chi connectivity index (χ2v) is 12.2. The highest BCUT2D eigenvalue weighted by atomic mass is 32.2. The predicted octanol–water partition coefficient (Wildman–Crippen LogP) is 3.24. The monoisotopic (exact) mass is 557 g/mol. The van der Waals surface area contributed by atoms with Crippen molar-refractivity contribution in [3.05, 3.63) is 89.5 Å². The molecule has 4 N–H and O–H groups in total. The standard InChI is InChI=1S/C30H31N5O4S/c36-27-19-35(15-14-31-27)18-21-8-10-23(11-9-21)33-29(22-4-2-1-3-5-22)28-25-16-24(12-13-26(25)34-30(28)37)40(38,39)32-17-20-6-7-20/h1-5,8-13,16,20,32-33H,6-7,14-15,17-19H2,(H,31,36)(H,34,37)/b29-28-. The predicted molar refractivity (Wildman–Crippen MR) is 155 cm³/mol. The number of benzene rings is 3. The molecule has 2 amide bonds. The van der Waals surface area contributed by atoms with Gasteiger partial charge in [0.15, 0.2) is 0 Å². The minimum Gasteiger partial charge on any atom is -0.354 e. The van der Waals surface area contributed by atoms with Crippen molar-refractivity contribution in [1.29, 1.82) is 0 Å². The minimum atomic E-state index is -3.71. The van der Waals surface area contributed by atoms with Crippen molar-refractivity contribution in [2.24, 2.45) is 5.92 Å². The Balaban J connectivity index is 1.32. The first kappa shape index (κ1) is 26.2. The van der Waals surface area contributed by atoms with E-state index in [1.807, 2.05) is 54.6 Å². The van der Waals surface area contributed by atoms with Gasteiger partial charge < -0.3 is 16.0 Å². The van der Waals surface area contributed by atoms with E-state index in [1.54, 1.807) is 12.1 Å². The van der Waals surface area contributed by atoms with E-state index in [4.69, 9.17) is 0 Å². The van der Waals surface area contributed by atoms with Crippen molar-refractivity contribution < 1.29 is 18.0 Å². The van der Waals surface area contributed by atoms with Gasteiger partial charge in [0.25, 0.3) is 5.91 Å². The van der Waals surface area contributed by atoms with E-state index in [2.05, 4.69) is 25.6 Å². The van der Waals surface area contributed by atoms with Crippen molar-refractivity contribution in [2.75, 3.05) is 36.8 Å². The van der Waals surface area contributed by atoms with Crippen molar-refractivity contribution in [1.82, 2.24) is 14.9 Å². The fourth-order valence-corrected chi connectivity index (χ4v) is 6.14.